The molecule has 0 spiro atoms. The Morgan fingerprint density at radius 2 is 1.91 bits per heavy atom. The number of ketones is 1. The maximum Gasteiger partial charge on any atom is 0.228 e. The van der Waals surface area contributed by atoms with E-state index in [1.54, 1.807) is 41.2 Å². The Morgan fingerprint density at radius 1 is 1.19 bits per heavy atom. The van der Waals surface area contributed by atoms with Gasteiger partial charge in [-0.25, -0.2) is 8.42 Å². The van der Waals surface area contributed by atoms with Gasteiger partial charge in [0.1, 0.15) is 5.78 Å². The largest absolute Gasteiger partial charge is 0.326 e. The molecule has 0 unspecified atom stereocenters. The van der Waals surface area contributed by atoms with Gasteiger partial charge in [0, 0.05) is 54.5 Å². The lowest BCUT2D eigenvalue weighted by Crippen LogP contribution is -2.35. The van der Waals surface area contributed by atoms with E-state index in [1.165, 1.54) is 6.07 Å². The van der Waals surface area contributed by atoms with Gasteiger partial charge in [-0.3, -0.25) is 19.2 Å². The van der Waals surface area contributed by atoms with Crippen molar-refractivity contribution in [3.63, 3.8) is 0 Å². The minimum atomic E-state index is -3.56. The summed E-state index contributed by atoms with van der Waals surface area (Å²) in [6, 6.07) is 10.2. The van der Waals surface area contributed by atoms with Crippen LogP contribution >= 0.6 is 11.6 Å². The number of amides is 1. The van der Waals surface area contributed by atoms with Crippen molar-refractivity contribution < 1.29 is 18.0 Å². The highest BCUT2D eigenvalue weighted by Gasteiger charge is 2.20. The lowest BCUT2D eigenvalue weighted by molar-refractivity contribution is -0.121. The molecule has 1 amide bonds. The molecule has 1 saturated heterocycles. The second-order valence-electron chi connectivity index (χ2n) is 7.96. The number of likely N-dealkylation sites (tertiary alicyclic amines) is 1. The standard InChI is InChI=1S/C22H23ClN4O4S/c1-32(30,31)21-12-16(24-22(29)10-15-4-2-3-5-19(15)23)11-20-18(21)13-27(25-20)14-26-8-6-17(28)7-9-26/h2-5,11-13H,6-10,14H2,1H3,(H,24,29). The molecule has 0 radical (unpaired) electrons. The molecule has 8 nitrogen and oxygen atoms in total. The summed E-state index contributed by atoms with van der Waals surface area (Å²) in [7, 11) is -3.56. The third-order valence-electron chi connectivity index (χ3n) is 5.39. The molecule has 2 heterocycles. The first-order valence-electron chi connectivity index (χ1n) is 10.2. The summed E-state index contributed by atoms with van der Waals surface area (Å²) in [6.07, 6.45) is 3.91. The van der Waals surface area contributed by atoms with Gasteiger partial charge in [0.25, 0.3) is 0 Å². The summed E-state index contributed by atoms with van der Waals surface area (Å²) >= 11 is 6.13. The van der Waals surface area contributed by atoms with Crippen molar-refractivity contribution in [1.29, 1.82) is 0 Å². The van der Waals surface area contributed by atoms with Crippen molar-refractivity contribution in [3.8, 4) is 0 Å². The number of hydrogen-bond donors (Lipinski definition) is 1. The van der Waals surface area contributed by atoms with Crippen LogP contribution in [0, 0.1) is 0 Å². The highest BCUT2D eigenvalue weighted by Crippen LogP contribution is 2.27. The van der Waals surface area contributed by atoms with Crippen molar-refractivity contribution in [1.82, 2.24) is 14.7 Å². The van der Waals surface area contributed by atoms with Gasteiger partial charge in [-0.05, 0) is 23.8 Å². The van der Waals surface area contributed by atoms with E-state index in [4.69, 9.17) is 11.6 Å². The van der Waals surface area contributed by atoms with Gasteiger partial charge in [-0.15, -0.1) is 0 Å². The topological polar surface area (TPSA) is 101 Å². The lowest BCUT2D eigenvalue weighted by atomic mass is 10.1. The predicted octanol–water partition coefficient (Wildman–Crippen LogP) is 2.90. The zero-order chi connectivity index (χ0) is 22.9. The Labute approximate surface area is 191 Å². The average molecular weight is 475 g/mol. The van der Waals surface area contributed by atoms with Gasteiger partial charge < -0.3 is 5.32 Å². The summed E-state index contributed by atoms with van der Waals surface area (Å²) in [6.45, 7) is 1.76. The van der Waals surface area contributed by atoms with Gasteiger partial charge in [0.05, 0.1) is 23.5 Å². The zero-order valence-corrected chi connectivity index (χ0v) is 19.1. The van der Waals surface area contributed by atoms with Crippen LogP contribution in [0.1, 0.15) is 18.4 Å². The number of nitrogens with zero attached hydrogens (tertiary/aromatic N) is 3. The first kappa shape index (κ1) is 22.4. The Morgan fingerprint density at radius 3 is 2.59 bits per heavy atom. The molecule has 1 N–H and O–H groups in total. The van der Waals surface area contributed by atoms with Gasteiger partial charge in [0.15, 0.2) is 9.84 Å². The summed E-state index contributed by atoms with van der Waals surface area (Å²) in [4.78, 5) is 26.2. The first-order valence-corrected chi connectivity index (χ1v) is 12.4. The summed E-state index contributed by atoms with van der Waals surface area (Å²) in [5.41, 5.74) is 1.50. The Balaban J connectivity index is 1.60. The van der Waals surface area contributed by atoms with Gasteiger partial charge >= 0.3 is 0 Å². The number of halogens is 1. The highest BCUT2D eigenvalue weighted by molar-refractivity contribution is 7.91. The van der Waals surface area contributed by atoms with Crippen molar-refractivity contribution in [2.45, 2.75) is 30.8 Å². The fraction of sp³-hybridized carbons (Fsp3) is 0.318. The third kappa shape index (κ3) is 5.17. The molecule has 0 atom stereocenters. The van der Waals surface area contributed by atoms with Gasteiger partial charge in [-0.1, -0.05) is 29.8 Å². The number of carbonyl (C=O) groups excluding carboxylic acids is 2. The molecule has 1 aliphatic rings. The molecular weight excluding hydrogens is 452 g/mol. The number of sulfone groups is 1. The summed E-state index contributed by atoms with van der Waals surface area (Å²) < 4.78 is 26.6. The maximum atomic E-state index is 12.5. The molecule has 2 aromatic carbocycles. The van der Waals surface area contributed by atoms with Crippen LogP contribution in [0.4, 0.5) is 5.69 Å². The second kappa shape index (κ2) is 9.01. The van der Waals surface area contributed by atoms with E-state index in [9.17, 15) is 18.0 Å². The Hall–Kier alpha value is -2.75. The molecule has 1 aliphatic heterocycles. The Kier molecular flexibility index (Phi) is 6.32. The molecule has 0 aliphatic carbocycles. The van der Waals surface area contributed by atoms with Gasteiger partial charge in [0.2, 0.25) is 5.91 Å². The number of fused-ring (bicyclic) bond motifs is 1. The van der Waals surface area contributed by atoms with E-state index >= 15 is 0 Å². The van der Waals surface area contributed by atoms with E-state index in [1.807, 2.05) is 0 Å². The molecule has 0 bridgehead atoms. The minimum Gasteiger partial charge on any atom is -0.326 e. The van der Waals surface area contributed by atoms with E-state index in [-0.39, 0.29) is 23.0 Å². The normalized spacial score (nSPS) is 15.2. The molecule has 168 valence electrons. The lowest BCUT2D eigenvalue weighted by Gasteiger charge is -2.25. The number of anilines is 1. The van der Waals surface area contributed by atoms with Crippen LogP contribution in [0.5, 0.6) is 0 Å². The SMILES string of the molecule is CS(=O)(=O)c1cc(NC(=O)Cc2ccccc2Cl)cc2nn(CN3CCC(=O)CC3)cc12. The quantitative estimate of drug-likeness (QED) is 0.589. The van der Waals surface area contributed by atoms with Crippen molar-refractivity contribution in [2.75, 3.05) is 24.7 Å². The number of piperidine rings is 1. The number of Topliss-reactive ketones (excluding diaryl/α,β-unsaturated/α-hetero) is 1. The van der Waals surface area contributed by atoms with Crippen LogP contribution in [0.15, 0.2) is 47.5 Å². The molecule has 4 rings (SSSR count). The number of benzene rings is 2. The van der Waals surface area contributed by atoms with E-state index in [0.29, 0.717) is 59.8 Å². The zero-order valence-electron chi connectivity index (χ0n) is 17.5. The molecule has 1 aromatic heterocycles. The number of hydrogen-bond acceptors (Lipinski definition) is 6. The van der Waals surface area contributed by atoms with Crippen LogP contribution in [0.2, 0.25) is 5.02 Å². The fourth-order valence-corrected chi connectivity index (χ4v) is 4.86. The molecule has 32 heavy (non-hydrogen) atoms. The fourth-order valence-electron chi connectivity index (χ4n) is 3.76. The second-order valence-corrected chi connectivity index (χ2v) is 10.4. The monoisotopic (exact) mass is 474 g/mol. The van der Waals surface area contributed by atoms with Crippen molar-refractivity contribution in [3.05, 3.63) is 53.2 Å². The minimum absolute atomic E-state index is 0.0635. The van der Waals surface area contributed by atoms with Crippen molar-refractivity contribution >= 4 is 49.7 Å². The maximum absolute atomic E-state index is 12.5. The third-order valence-corrected chi connectivity index (χ3v) is 6.89. The van der Waals surface area contributed by atoms with Crippen molar-refractivity contribution in [2.24, 2.45) is 0 Å². The van der Waals surface area contributed by atoms with E-state index in [0.717, 1.165) is 6.26 Å². The number of rotatable bonds is 6. The first-order chi connectivity index (χ1) is 15.2. The highest BCUT2D eigenvalue weighted by atomic mass is 35.5. The Bertz CT molecular complexity index is 1290. The molecule has 10 heteroatoms. The summed E-state index contributed by atoms with van der Waals surface area (Å²) in [5, 5.41) is 8.26. The number of carbonyl (C=O) groups is 2. The smallest absolute Gasteiger partial charge is 0.228 e. The summed E-state index contributed by atoms with van der Waals surface area (Å²) in [5.74, 6) is -0.0577. The van der Waals surface area contributed by atoms with Crippen LogP contribution < -0.4 is 5.32 Å². The van der Waals surface area contributed by atoms with Crippen LogP contribution in [0.25, 0.3) is 10.9 Å². The van der Waals surface area contributed by atoms with E-state index < -0.39 is 9.84 Å². The van der Waals surface area contributed by atoms with E-state index in [2.05, 4.69) is 15.3 Å². The van der Waals surface area contributed by atoms with Crippen LogP contribution in [-0.2, 0) is 32.5 Å². The molecule has 0 saturated carbocycles. The predicted molar refractivity (Wildman–Crippen MR) is 122 cm³/mol. The number of nitrogens with one attached hydrogen (secondary N) is 1. The molecular formula is C22H23ClN4O4S. The van der Waals surface area contributed by atoms with Gasteiger partial charge in [-0.2, -0.15) is 5.10 Å². The molecule has 1 fully saturated rings. The molecule has 3 aromatic rings. The van der Waals surface area contributed by atoms with Crippen LogP contribution in [0.3, 0.4) is 0 Å². The van der Waals surface area contributed by atoms with Crippen LogP contribution in [-0.4, -0.2) is 54.1 Å². The number of aromatic nitrogens is 2. The average Bonchev–Trinajstić information content (AvgIpc) is 3.12.